The van der Waals surface area contributed by atoms with Crippen molar-refractivity contribution in [2.75, 3.05) is 13.7 Å². The lowest BCUT2D eigenvalue weighted by atomic mass is 9.80. The summed E-state index contributed by atoms with van der Waals surface area (Å²) >= 11 is 0. The van der Waals surface area contributed by atoms with E-state index in [1.807, 2.05) is 13.8 Å². The SMILES string of the molecule is COC(=O)CC(=O)C1CCC(C)(C)CN1C(=O)OC(C)(C)C. The van der Waals surface area contributed by atoms with Crippen molar-refractivity contribution in [1.29, 1.82) is 0 Å². The van der Waals surface area contributed by atoms with E-state index in [0.29, 0.717) is 13.0 Å². The van der Waals surface area contributed by atoms with Crippen molar-refractivity contribution in [2.24, 2.45) is 5.41 Å². The molecule has 0 aromatic heterocycles. The maximum Gasteiger partial charge on any atom is 0.410 e. The number of ether oxygens (including phenoxy) is 2. The Morgan fingerprint density at radius 3 is 2.32 bits per heavy atom. The molecule has 0 N–H and O–H groups in total. The third-order valence-electron chi connectivity index (χ3n) is 3.62. The molecule has 1 aliphatic heterocycles. The minimum Gasteiger partial charge on any atom is -0.469 e. The number of hydrogen-bond acceptors (Lipinski definition) is 5. The van der Waals surface area contributed by atoms with Crippen LogP contribution in [0.1, 0.15) is 53.9 Å². The molecule has 6 heteroatoms. The molecule has 0 radical (unpaired) electrons. The molecule has 1 heterocycles. The van der Waals surface area contributed by atoms with Crippen molar-refractivity contribution in [3.05, 3.63) is 0 Å². The van der Waals surface area contributed by atoms with Gasteiger partial charge in [0, 0.05) is 6.54 Å². The molecule has 1 fully saturated rings. The second-order valence-electron chi connectivity index (χ2n) is 7.55. The van der Waals surface area contributed by atoms with Gasteiger partial charge in [-0.3, -0.25) is 14.5 Å². The Morgan fingerprint density at radius 1 is 1.23 bits per heavy atom. The van der Waals surface area contributed by atoms with Gasteiger partial charge in [-0.15, -0.1) is 0 Å². The number of piperidine rings is 1. The predicted molar refractivity (Wildman–Crippen MR) is 81.4 cm³/mol. The second-order valence-corrected chi connectivity index (χ2v) is 7.55. The summed E-state index contributed by atoms with van der Waals surface area (Å²) in [6, 6.07) is -0.623. The fourth-order valence-electron chi connectivity index (χ4n) is 2.51. The minimum atomic E-state index is -0.630. The lowest BCUT2D eigenvalue weighted by Crippen LogP contribution is -2.54. The predicted octanol–water partition coefficient (Wildman–Crippen LogP) is 2.54. The zero-order valence-corrected chi connectivity index (χ0v) is 14.4. The lowest BCUT2D eigenvalue weighted by molar-refractivity contribution is -0.145. The first-order valence-electron chi connectivity index (χ1n) is 7.54. The van der Waals surface area contributed by atoms with Crippen LogP contribution < -0.4 is 0 Å². The Bertz CT molecular complexity index is 450. The van der Waals surface area contributed by atoms with Crippen LogP contribution in [0.5, 0.6) is 0 Å². The van der Waals surface area contributed by atoms with Crippen molar-refractivity contribution in [3.63, 3.8) is 0 Å². The van der Waals surface area contributed by atoms with Crippen LogP contribution in [-0.4, -0.2) is 48.0 Å². The maximum atomic E-state index is 12.4. The van der Waals surface area contributed by atoms with E-state index in [4.69, 9.17) is 4.74 Å². The van der Waals surface area contributed by atoms with E-state index < -0.39 is 23.7 Å². The van der Waals surface area contributed by atoms with Crippen LogP contribution in [0, 0.1) is 5.41 Å². The van der Waals surface area contributed by atoms with Crippen molar-refractivity contribution in [1.82, 2.24) is 4.90 Å². The number of rotatable bonds is 3. The largest absolute Gasteiger partial charge is 0.469 e. The average molecular weight is 313 g/mol. The highest BCUT2D eigenvalue weighted by molar-refractivity contribution is 5.99. The van der Waals surface area contributed by atoms with Gasteiger partial charge in [-0.25, -0.2) is 4.79 Å². The number of amides is 1. The molecule has 0 aromatic rings. The van der Waals surface area contributed by atoms with Crippen LogP contribution in [0.3, 0.4) is 0 Å². The molecule has 0 aliphatic carbocycles. The van der Waals surface area contributed by atoms with Crippen molar-refractivity contribution in [3.8, 4) is 0 Å². The third kappa shape index (κ3) is 5.31. The van der Waals surface area contributed by atoms with Gasteiger partial charge in [-0.1, -0.05) is 13.8 Å². The first-order chi connectivity index (χ1) is 9.95. The van der Waals surface area contributed by atoms with Gasteiger partial charge >= 0.3 is 12.1 Å². The van der Waals surface area contributed by atoms with E-state index in [1.54, 1.807) is 20.8 Å². The van der Waals surface area contributed by atoms with Crippen LogP contribution in [0.2, 0.25) is 0 Å². The van der Waals surface area contributed by atoms with E-state index in [0.717, 1.165) is 6.42 Å². The number of esters is 1. The van der Waals surface area contributed by atoms with Crippen molar-refractivity contribution >= 4 is 17.8 Å². The molecule has 0 aromatic carbocycles. The molecule has 1 aliphatic rings. The Balaban J connectivity index is 2.90. The molecule has 1 saturated heterocycles. The van der Waals surface area contributed by atoms with Crippen molar-refractivity contribution in [2.45, 2.75) is 65.5 Å². The summed E-state index contributed by atoms with van der Waals surface area (Å²) in [7, 11) is 1.24. The molecule has 126 valence electrons. The Labute approximate surface area is 132 Å². The van der Waals surface area contributed by atoms with Crippen LogP contribution in [-0.2, 0) is 19.1 Å². The Morgan fingerprint density at radius 2 is 1.82 bits per heavy atom. The number of carbonyl (C=O) groups is 3. The molecule has 0 bridgehead atoms. The second kappa shape index (κ2) is 6.67. The quantitative estimate of drug-likeness (QED) is 0.591. The monoisotopic (exact) mass is 313 g/mol. The summed E-state index contributed by atoms with van der Waals surface area (Å²) in [5, 5.41) is 0. The van der Waals surface area contributed by atoms with Gasteiger partial charge in [0.15, 0.2) is 5.78 Å². The summed E-state index contributed by atoms with van der Waals surface area (Å²) in [5.41, 5.74) is -0.715. The van der Waals surface area contributed by atoms with Gasteiger partial charge in [0.1, 0.15) is 12.0 Å². The fourth-order valence-corrected chi connectivity index (χ4v) is 2.51. The number of methoxy groups -OCH3 is 1. The molecular weight excluding hydrogens is 286 g/mol. The molecule has 22 heavy (non-hydrogen) atoms. The van der Waals surface area contributed by atoms with E-state index >= 15 is 0 Å². The van der Waals surface area contributed by atoms with Gasteiger partial charge < -0.3 is 9.47 Å². The molecule has 1 unspecified atom stereocenters. The first-order valence-corrected chi connectivity index (χ1v) is 7.54. The standard InChI is InChI=1S/C16H27NO5/c1-15(2,3)22-14(20)17-10-16(4,5)8-7-11(17)12(18)9-13(19)21-6/h11H,7-10H2,1-6H3. The molecule has 0 saturated carbocycles. The number of Topliss-reactive ketones (excluding diaryl/α,β-unsaturated/α-hetero) is 1. The Hall–Kier alpha value is -1.59. The number of carbonyl (C=O) groups excluding carboxylic acids is 3. The molecule has 1 amide bonds. The van der Waals surface area contributed by atoms with Gasteiger partial charge in [0.2, 0.25) is 0 Å². The molecule has 6 nitrogen and oxygen atoms in total. The zero-order chi connectivity index (χ0) is 17.1. The normalized spacial score (nSPS) is 21.2. The van der Waals surface area contributed by atoms with E-state index in [9.17, 15) is 14.4 Å². The number of likely N-dealkylation sites (tertiary alicyclic amines) is 1. The lowest BCUT2D eigenvalue weighted by Gasteiger charge is -2.43. The third-order valence-corrected chi connectivity index (χ3v) is 3.62. The average Bonchev–Trinajstić information content (AvgIpc) is 2.35. The van der Waals surface area contributed by atoms with E-state index in [-0.39, 0.29) is 17.6 Å². The van der Waals surface area contributed by atoms with Gasteiger partial charge in [-0.05, 0) is 39.0 Å². The zero-order valence-electron chi connectivity index (χ0n) is 14.4. The van der Waals surface area contributed by atoms with Crippen LogP contribution in [0.15, 0.2) is 0 Å². The summed E-state index contributed by atoms with van der Waals surface area (Å²) in [5.74, 6) is -0.882. The highest BCUT2D eigenvalue weighted by atomic mass is 16.6. The summed E-state index contributed by atoms with van der Waals surface area (Å²) < 4.78 is 9.94. The summed E-state index contributed by atoms with van der Waals surface area (Å²) in [6.07, 6.45) is 0.510. The van der Waals surface area contributed by atoms with Gasteiger partial charge in [-0.2, -0.15) is 0 Å². The number of nitrogens with zero attached hydrogens (tertiary/aromatic N) is 1. The minimum absolute atomic E-state index is 0.0844. The maximum absolute atomic E-state index is 12.4. The molecular formula is C16H27NO5. The number of ketones is 1. The molecule has 0 spiro atoms. The van der Waals surface area contributed by atoms with Crippen LogP contribution >= 0.6 is 0 Å². The van der Waals surface area contributed by atoms with Gasteiger partial charge in [0.05, 0.1) is 13.2 Å². The highest BCUT2D eigenvalue weighted by Gasteiger charge is 2.41. The fraction of sp³-hybridized carbons (Fsp3) is 0.812. The van der Waals surface area contributed by atoms with Gasteiger partial charge in [0.25, 0.3) is 0 Å². The highest BCUT2D eigenvalue weighted by Crippen LogP contribution is 2.33. The van der Waals surface area contributed by atoms with E-state index in [2.05, 4.69) is 4.74 Å². The topological polar surface area (TPSA) is 72.9 Å². The Kier molecular flexibility index (Phi) is 5.59. The van der Waals surface area contributed by atoms with Crippen LogP contribution in [0.25, 0.3) is 0 Å². The summed E-state index contributed by atoms with van der Waals surface area (Å²) in [4.78, 5) is 37.5. The van der Waals surface area contributed by atoms with E-state index in [1.165, 1.54) is 12.0 Å². The van der Waals surface area contributed by atoms with Crippen molar-refractivity contribution < 1.29 is 23.9 Å². The van der Waals surface area contributed by atoms with Crippen LogP contribution in [0.4, 0.5) is 4.79 Å². The number of hydrogen-bond donors (Lipinski definition) is 0. The molecule has 1 rings (SSSR count). The first kappa shape index (κ1) is 18.5. The summed E-state index contributed by atoms with van der Waals surface area (Å²) in [6.45, 7) is 9.87. The smallest absolute Gasteiger partial charge is 0.410 e. The molecule has 1 atom stereocenters.